The highest BCUT2D eigenvalue weighted by atomic mass is 16.7. The van der Waals surface area contributed by atoms with Crippen LogP contribution in [0.25, 0.3) is 0 Å². The summed E-state index contributed by atoms with van der Waals surface area (Å²) in [6.07, 6.45) is 4.68. The van der Waals surface area contributed by atoms with Crippen LogP contribution in [0.15, 0.2) is 12.5 Å². The zero-order chi connectivity index (χ0) is 6.97. The Hall–Kier alpha value is -0.990. The van der Waals surface area contributed by atoms with Crippen LogP contribution in [0, 0.1) is 0 Å². The van der Waals surface area contributed by atoms with Crippen molar-refractivity contribution in [2.75, 3.05) is 6.61 Å². The fraction of sp³-hybridized carbons (Fsp3) is 0.571. The molecule has 54 valence electrons. The highest BCUT2D eigenvalue weighted by molar-refractivity contribution is 5.04. The van der Waals surface area contributed by atoms with Gasteiger partial charge in [0, 0.05) is 5.92 Å². The van der Waals surface area contributed by atoms with Gasteiger partial charge in [-0.3, -0.25) is 0 Å². The topological polar surface area (TPSA) is 27.1 Å². The van der Waals surface area contributed by atoms with E-state index in [0.717, 1.165) is 13.0 Å². The van der Waals surface area contributed by atoms with Gasteiger partial charge in [0.25, 0.3) is 0 Å². The molecule has 10 heavy (non-hydrogen) atoms. The highest BCUT2D eigenvalue weighted by Crippen LogP contribution is 2.20. The van der Waals surface area contributed by atoms with Crippen LogP contribution in [0.5, 0.6) is 0 Å². The average molecular weight is 138 g/mol. The molecule has 0 saturated carbocycles. The van der Waals surface area contributed by atoms with Crippen molar-refractivity contribution in [3.63, 3.8) is 0 Å². The van der Waals surface area contributed by atoms with Crippen LogP contribution in [0.3, 0.4) is 0 Å². The van der Waals surface area contributed by atoms with E-state index in [4.69, 9.17) is 4.84 Å². The van der Waals surface area contributed by atoms with Crippen molar-refractivity contribution in [1.29, 1.82) is 0 Å². The Kier molecular flexibility index (Phi) is 1.16. The lowest BCUT2D eigenvalue weighted by atomic mass is 10.1. The summed E-state index contributed by atoms with van der Waals surface area (Å²) in [5.41, 5.74) is 1.19. The van der Waals surface area contributed by atoms with Crippen LogP contribution in [0.1, 0.15) is 25.0 Å². The molecule has 3 nitrogen and oxygen atoms in total. The van der Waals surface area contributed by atoms with E-state index in [0.29, 0.717) is 5.92 Å². The molecule has 0 fully saturated rings. The lowest BCUT2D eigenvalue weighted by Crippen LogP contribution is -2.22. The number of rotatable bonds is 0. The molecule has 0 amide bonds. The van der Waals surface area contributed by atoms with Crippen LogP contribution in [-0.2, 0) is 0 Å². The fourth-order valence-corrected chi connectivity index (χ4v) is 1.22. The molecule has 3 heteroatoms. The molecule has 0 bridgehead atoms. The first-order valence-electron chi connectivity index (χ1n) is 3.53. The second kappa shape index (κ2) is 2.01. The molecule has 0 spiro atoms. The number of aromatic nitrogens is 2. The second-order valence-corrected chi connectivity index (χ2v) is 2.67. The third-order valence-electron chi connectivity index (χ3n) is 1.92. The molecule has 1 atom stereocenters. The first kappa shape index (κ1) is 5.77. The third kappa shape index (κ3) is 0.701. The Morgan fingerprint density at radius 2 is 2.70 bits per heavy atom. The first-order valence-corrected chi connectivity index (χ1v) is 3.53. The van der Waals surface area contributed by atoms with Crippen molar-refractivity contribution in [1.82, 2.24) is 9.71 Å². The predicted octanol–water partition coefficient (Wildman–Crippen LogP) is 0.819. The van der Waals surface area contributed by atoms with Gasteiger partial charge in [-0.05, 0) is 6.42 Å². The van der Waals surface area contributed by atoms with Gasteiger partial charge in [-0.15, -0.1) is 0 Å². The van der Waals surface area contributed by atoms with E-state index >= 15 is 0 Å². The largest absolute Gasteiger partial charge is 0.413 e. The standard InChI is InChI=1S/C7H10N2O/c1-6-2-3-10-9-5-8-4-7(6)9/h4-6H,2-3H2,1H3. The van der Waals surface area contributed by atoms with E-state index in [2.05, 4.69) is 11.9 Å². The number of fused-ring (bicyclic) bond motifs is 1. The highest BCUT2D eigenvalue weighted by Gasteiger charge is 2.16. The first-order chi connectivity index (χ1) is 4.88. The molecule has 2 heterocycles. The lowest BCUT2D eigenvalue weighted by Gasteiger charge is -2.20. The minimum absolute atomic E-state index is 0.594. The van der Waals surface area contributed by atoms with Gasteiger partial charge >= 0.3 is 0 Å². The van der Waals surface area contributed by atoms with E-state index in [1.807, 2.05) is 6.20 Å². The van der Waals surface area contributed by atoms with Gasteiger partial charge in [-0.1, -0.05) is 6.92 Å². The molecule has 1 unspecified atom stereocenters. The van der Waals surface area contributed by atoms with E-state index < -0.39 is 0 Å². The fourth-order valence-electron chi connectivity index (χ4n) is 1.22. The van der Waals surface area contributed by atoms with Gasteiger partial charge in [-0.2, -0.15) is 4.73 Å². The summed E-state index contributed by atoms with van der Waals surface area (Å²) >= 11 is 0. The van der Waals surface area contributed by atoms with Crippen molar-refractivity contribution < 1.29 is 4.84 Å². The van der Waals surface area contributed by atoms with Gasteiger partial charge in [0.05, 0.1) is 11.9 Å². The van der Waals surface area contributed by atoms with E-state index in [1.54, 1.807) is 11.1 Å². The SMILES string of the molecule is CC1CCOn2cncc21. The van der Waals surface area contributed by atoms with Gasteiger partial charge in [0.15, 0.2) is 0 Å². The third-order valence-corrected chi connectivity index (χ3v) is 1.92. The van der Waals surface area contributed by atoms with Crippen molar-refractivity contribution in [3.05, 3.63) is 18.2 Å². The van der Waals surface area contributed by atoms with Crippen molar-refractivity contribution in [2.24, 2.45) is 0 Å². The van der Waals surface area contributed by atoms with Crippen LogP contribution in [0.2, 0.25) is 0 Å². The molecule has 1 aliphatic rings. The Morgan fingerprint density at radius 3 is 3.50 bits per heavy atom. The Labute approximate surface area is 59.6 Å². The molecule has 1 aromatic rings. The van der Waals surface area contributed by atoms with Crippen LogP contribution < -0.4 is 4.84 Å². The summed E-state index contributed by atoms with van der Waals surface area (Å²) in [5, 5.41) is 0. The van der Waals surface area contributed by atoms with E-state index in [1.165, 1.54) is 5.69 Å². The molecule has 0 N–H and O–H groups in total. The summed E-state index contributed by atoms with van der Waals surface area (Å²) in [4.78, 5) is 9.28. The molecular formula is C7H10N2O. The lowest BCUT2D eigenvalue weighted by molar-refractivity contribution is 0.0727. The molecular weight excluding hydrogens is 128 g/mol. The molecule has 0 radical (unpaired) electrons. The number of nitrogens with zero attached hydrogens (tertiary/aromatic N) is 2. The smallest absolute Gasteiger partial charge is 0.132 e. The average Bonchev–Trinajstić information content (AvgIpc) is 2.36. The quantitative estimate of drug-likeness (QED) is 0.530. The van der Waals surface area contributed by atoms with E-state index in [9.17, 15) is 0 Å². The van der Waals surface area contributed by atoms with Crippen molar-refractivity contribution >= 4 is 0 Å². The number of hydrogen-bond acceptors (Lipinski definition) is 2. The van der Waals surface area contributed by atoms with Gasteiger partial charge < -0.3 is 4.84 Å². The Balaban J connectivity index is 2.41. The molecule has 0 aromatic carbocycles. The maximum Gasteiger partial charge on any atom is 0.132 e. The summed E-state index contributed by atoms with van der Waals surface area (Å²) in [6.45, 7) is 3.00. The monoisotopic (exact) mass is 138 g/mol. The van der Waals surface area contributed by atoms with E-state index in [-0.39, 0.29) is 0 Å². The van der Waals surface area contributed by atoms with Crippen molar-refractivity contribution in [3.8, 4) is 0 Å². The molecule has 1 aliphatic heterocycles. The maximum atomic E-state index is 5.29. The summed E-state index contributed by atoms with van der Waals surface area (Å²) in [5.74, 6) is 0.594. The normalized spacial score (nSPS) is 23.5. The second-order valence-electron chi connectivity index (χ2n) is 2.67. The van der Waals surface area contributed by atoms with Crippen molar-refractivity contribution in [2.45, 2.75) is 19.3 Å². The summed E-state index contributed by atoms with van der Waals surface area (Å²) < 4.78 is 1.76. The Bertz CT molecular complexity index is 231. The van der Waals surface area contributed by atoms with Gasteiger partial charge in [0.2, 0.25) is 0 Å². The summed E-state index contributed by atoms with van der Waals surface area (Å²) in [6, 6.07) is 0. The minimum atomic E-state index is 0.594. The van der Waals surface area contributed by atoms with Crippen LogP contribution in [-0.4, -0.2) is 16.3 Å². The maximum absolute atomic E-state index is 5.29. The zero-order valence-corrected chi connectivity index (χ0v) is 5.95. The zero-order valence-electron chi connectivity index (χ0n) is 5.95. The molecule has 0 saturated heterocycles. The van der Waals surface area contributed by atoms with Crippen LogP contribution in [0.4, 0.5) is 0 Å². The minimum Gasteiger partial charge on any atom is -0.413 e. The Morgan fingerprint density at radius 1 is 1.80 bits per heavy atom. The van der Waals surface area contributed by atoms with Crippen LogP contribution >= 0.6 is 0 Å². The number of imidazole rings is 1. The van der Waals surface area contributed by atoms with Gasteiger partial charge in [0.1, 0.15) is 12.9 Å². The molecule has 0 aliphatic carbocycles. The van der Waals surface area contributed by atoms with Gasteiger partial charge in [-0.25, -0.2) is 4.98 Å². The molecule has 1 aromatic heterocycles. The molecule has 2 rings (SSSR count). The predicted molar refractivity (Wildman–Crippen MR) is 36.7 cm³/mol. The summed E-state index contributed by atoms with van der Waals surface area (Å²) in [7, 11) is 0. The number of hydrogen-bond donors (Lipinski definition) is 0.